The number of rotatable bonds is 7. The maximum Gasteiger partial charge on any atom is 0.309 e. The minimum absolute atomic E-state index is 0.0205. The molecular weight excluding hydrogens is 614 g/mol. The number of esters is 1. The molecule has 8 atom stereocenters. The van der Waals surface area contributed by atoms with E-state index in [1.807, 2.05) is 30.3 Å². The number of ether oxygens (including phenoxy) is 1. The maximum atomic E-state index is 13.9. The van der Waals surface area contributed by atoms with Crippen molar-refractivity contribution < 1.29 is 29.0 Å². The summed E-state index contributed by atoms with van der Waals surface area (Å²) in [4.78, 5) is 52.4. The second-order valence-corrected chi connectivity index (χ2v) is 18.8. The van der Waals surface area contributed by atoms with Crippen LogP contribution in [0.5, 0.6) is 0 Å². The van der Waals surface area contributed by atoms with E-state index in [-0.39, 0.29) is 57.7 Å². The average molecular weight is 674 g/mol. The highest BCUT2D eigenvalue weighted by Crippen LogP contribution is 2.75. The van der Waals surface area contributed by atoms with E-state index in [4.69, 9.17) is 4.74 Å². The molecule has 5 aliphatic rings. The van der Waals surface area contributed by atoms with Gasteiger partial charge >= 0.3 is 11.9 Å². The summed E-state index contributed by atoms with van der Waals surface area (Å²) in [5, 5.41) is 13.1. The summed E-state index contributed by atoms with van der Waals surface area (Å²) in [5.41, 5.74) is 1.25. The van der Waals surface area contributed by atoms with E-state index in [9.17, 15) is 24.3 Å². The van der Waals surface area contributed by atoms with Crippen molar-refractivity contribution in [1.29, 1.82) is 0 Å². The van der Waals surface area contributed by atoms with Crippen LogP contribution in [0.4, 0.5) is 0 Å². The van der Waals surface area contributed by atoms with Gasteiger partial charge in [0.25, 0.3) is 5.91 Å². The molecule has 1 amide bonds. The highest BCUT2D eigenvalue weighted by atomic mass is 16.5. The molecule has 268 valence electrons. The first-order chi connectivity index (χ1) is 22.7. The topological polar surface area (TPSA) is 110 Å². The van der Waals surface area contributed by atoms with Gasteiger partial charge in [-0.25, -0.2) is 0 Å². The minimum Gasteiger partial charge on any atom is -0.481 e. The third-order valence-corrected chi connectivity index (χ3v) is 15.1. The van der Waals surface area contributed by atoms with E-state index in [1.54, 1.807) is 13.8 Å². The summed E-state index contributed by atoms with van der Waals surface area (Å²) in [6.07, 6.45) is 7.53. The van der Waals surface area contributed by atoms with E-state index >= 15 is 0 Å². The van der Waals surface area contributed by atoms with Crippen LogP contribution in [0.3, 0.4) is 0 Å². The highest BCUT2D eigenvalue weighted by molar-refractivity contribution is 5.98. The molecular formula is C42H59NO6. The van der Waals surface area contributed by atoms with Crippen LogP contribution in [-0.4, -0.2) is 40.4 Å². The number of benzene rings is 1. The van der Waals surface area contributed by atoms with Crippen molar-refractivity contribution in [3.05, 3.63) is 47.0 Å². The molecule has 2 N–H and O–H groups in total. The van der Waals surface area contributed by atoms with Crippen molar-refractivity contribution in [2.75, 3.05) is 0 Å². The molecule has 49 heavy (non-hydrogen) atoms. The number of nitrogens with one attached hydrogen (secondary N) is 1. The molecule has 1 aromatic carbocycles. The Morgan fingerprint density at radius 2 is 1.61 bits per heavy atom. The van der Waals surface area contributed by atoms with E-state index in [2.05, 4.69) is 53.8 Å². The Morgan fingerprint density at radius 3 is 2.24 bits per heavy atom. The fourth-order valence-corrected chi connectivity index (χ4v) is 12.3. The Labute approximate surface area is 293 Å². The molecule has 6 rings (SSSR count). The lowest BCUT2D eigenvalue weighted by atomic mass is 9.34. The number of carbonyl (C=O) groups excluding carboxylic acids is 3. The lowest BCUT2D eigenvalue weighted by Crippen LogP contribution is -2.65. The number of amides is 1. The number of carbonyl (C=O) groups is 4. The van der Waals surface area contributed by atoms with Crippen molar-refractivity contribution in [2.45, 2.75) is 138 Å². The highest BCUT2D eigenvalue weighted by Gasteiger charge is 2.69. The standard InChI is InChI=1S/C42H59NO6/c1-25(2)33-28(44)23-42(43-35(46)26-13-11-10-12-14-26)22-21-40(8)27(34(33)42)15-16-30-39(7)19-18-31(49-32(45)24-37(3,4)36(47)48)38(5,6)29(39)17-20-41(30,40)9/h10-14,25,29-31,33H,15-24H2,1-9H3,(H,43,46)(H,47,48)/t29-,30+,31-,33?,39-,40+,41+,42+/m0/s1. The molecule has 5 aliphatic carbocycles. The van der Waals surface area contributed by atoms with Gasteiger partial charge in [0.1, 0.15) is 11.9 Å². The number of fused-ring (bicyclic) bond motifs is 6. The van der Waals surface area contributed by atoms with Gasteiger partial charge in [-0.15, -0.1) is 0 Å². The maximum absolute atomic E-state index is 13.9. The largest absolute Gasteiger partial charge is 0.481 e. The van der Waals surface area contributed by atoms with Crippen molar-refractivity contribution in [1.82, 2.24) is 5.32 Å². The van der Waals surface area contributed by atoms with Crippen molar-refractivity contribution in [3.8, 4) is 0 Å². The normalized spacial score (nSPS) is 38.2. The minimum atomic E-state index is -1.17. The summed E-state index contributed by atoms with van der Waals surface area (Å²) in [7, 11) is 0. The second-order valence-electron chi connectivity index (χ2n) is 18.8. The molecule has 1 unspecified atom stereocenters. The van der Waals surface area contributed by atoms with E-state index in [0.717, 1.165) is 51.4 Å². The van der Waals surface area contributed by atoms with Crippen LogP contribution in [-0.2, 0) is 19.1 Å². The molecule has 0 radical (unpaired) electrons. The lowest BCUT2D eigenvalue weighted by molar-refractivity contribution is -0.214. The van der Waals surface area contributed by atoms with Gasteiger partial charge in [0.15, 0.2) is 0 Å². The summed E-state index contributed by atoms with van der Waals surface area (Å²) >= 11 is 0. The fraction of sp³-hybridized carbons (Fsp3) is 0.714. The van der Waals surface area contributed by atoms with Gasteiger partial charge in [-0.2, -0.15) is 0 Å². The molecule has 0 spiro atoms. The summed E-state index contributed by atoms with van der Waals surface area (Å²) in [6, 6.07) is 9.39. The van der Waals surface area contributed by atoms with E-state index < -0.39 is 22.9 Å². The van der Waals surface area contributed by atoms with Crippen LogP contribution in [0.2, 0.25) is 0 Å². The van der Waals surface area contributed by atoms with Crippen LogP contribution in [0.15, 0.2) is 41.5 Å². The molecule has 0 bridgehead atoms. The Balaban J connectivity index is 1.33. The average Bonchev–Trinajstić information content (AvgIpc) is 3.30. The molecule has 7 nitrogen and oxygen atoms in total. The first kappa shape index (κ1) is 35.9. The Kier molecular flexibility index (Phi) is 8.63. The van der Waals surface area contributed by atoms with Crippen LogP contribution < -0.4 is 5.32 Å². The number of carboxylic acids is 1. The number of hydrogen-bond acceptors (Lipinski definition) is 5. The van der Waals surface area contributed by atoms with Crippen molar-refractivity contribution >= 4 is 23.6 Å². The number of ketones is 1. The number of hydrogen-bond donors (Lipinski definition) is 2. The molecule has 0 heterocycles. The van der Waals surface area contributed by atoms with Crippen LogP contribution in [0, 0.1) is 50.7 Å². The first-order valence-corrected chi connectivity index (χ1v) is 18.8. The van der Waals surface area contributed by atoms with Crippen molar-refractivity contribution in [3.63, 3.8) is 0 Å². The van der Waals surface area contributed by atoms with Gasteiger partial charge in [-0.1, -0.05) is 72.2 Å². The predicted molar refractivity (Wildman–Crippen MR) is 190 cm³/mol. The summed E-state index contributed by atoms with van der Waals surface area (Å²) < 4.78 is 6.14. The Bertz CT molecular complexity index is 1570. The third-order valence-electron chi connectivity index (χ3n) is 15.1. The molecule has 7 heteroatoms. The second kappa shape index (κ2) is 11.8. The number of allylic oxidation sites excluding steroid dienone is 1. The van der Waals surface area contributed by atoms with Gasteiger partial charge in [-0.3, -0.25) is 19.2 Å². The van der Waals surface area contributed by atoms with Gasteiger partial charge < -0.3 is 15.2 Å². The van der Waals surface area contributed by atoms with Crippen LogP contribution >= 0.6 is 0 Å². The monoisotopic (exact) mass is 673 g/mol. The SMILES string of the molecule is CC(C)C1C(=O)C[C@]2(NC(=O)c3ccccc3)CC[C@]3(C)C(=C12)CC[C@@H]1[C@@]2(C)CC[C@H](OC(=O)CC(C)(C)C(=O)O)C(C)(C)[C@@H]2CC[C@]13C. The first-order valence-electron chi connectivity index (χ1n) is 18.8. The zero-order valence-electron chi connectivity index (χ0n) is 31.3. The van der Waals surface area contributed by atoms with Crippen LogP contribution in [0.1, 0.15) is 137 Å². The quantitative estimate of drug-likeness (QED) is 0.222. The number of carboxylic acid groups (broad SMARTS) is 1. The fourth-order valence-electron chi connectivity index (χ4n) is 12.3. The molecule has 0 aromatic heterocycles. The summed E-state index contributed by atoms with van der Waals surface area (Å²) in [5.74, 6) is -0.438. The zero-order chi connectivity index (χ0) is 35.9. The van der Waals surface area contributed by atoms with Crippen molar-refractivity contribution in [2.24, 2.45) is 50.7 Å². The number of aliphatic carboxylic acids is 1. The molecule has 1 aromatic rings. The van der Waals surface area contributed by atoms with Crippen LogP contribution in [0.25, 0.3) is 0 Å². The van der Waals surface area contributed by atoms with Gasteiger partial charge in [0.2, 0.25) is 0 Å². The predicted octanol–water partition coefficient (Wildman–Crippen LogP) is 8.56. The van der Waals surface area contributed by atoms with Gasteiger partial charge in [0, 0.05) is 23.3 Å². The van der Waals surface area contributed by atoms with E-state index in [0.29, 0.717) is 23.8 Å². The smallest absolute Gasteiger partial charge is 0.309 e. The Morgan fingerprint density at radius 1 is 0.939 bits per heavy atom. The van der Waals surface area contributed by atoms with Gasteiger partial charge in [0.05, 0.1) is 17.4 Å². The zero-order valence-corrected chi connectivity index (χ0v) is 31.3. The van der Waals surface area contributed by atoms with E-state index in [1.165, 1.54) is 11.1 Å². The molecule has 0 aliphatic heterocycles. The van der Waals surface area contributed by atoms with Gasteiger partial charge in [-0.05, 0) is 117 Å². The molecule has 4 fully saturated rings. The molecule has 4 saturated carbocycles. The summed E-state index contributed by atoms with van der Waals surface area (Å²) in [6.45, 7) is 19.5. The molecule has 0 saturated heterocycles. The number of Topliss-reactive ketones (excluding diaryl/α,β-unsaturated/α-hetero) is 1. The lowest BCUT2D eigenvalue weighted by Gasteiger charge is -2.70. The Hall–Kier alpha value is -2.96. The third kappa shape index (κ3) is 5.34.